The van der Waals surface area contributed by atoms with Gasteiger partial charge >= 0.3 is 0 Å². The number of nitrogens with one attached hydrogen (secondary N) is 1. The van der Waals surface area contributed by atoms with Gasteiger partial charge in [0.2, 0.25) is 0 Å². The van der Waals surface area contributed by atoms with E-state index in [4.69, 9.17) is 27.8 Å². The molecule has 0 saturated heterocycles. The van der Waals surface area contributed by atoms with Crippen LogP contribution >= 0.6 is 11.6 Å². The van der Waals surface area contributed by atoms with Crippen molar-refractivity contribution in [2.24, 2.45) is 17.2 Å². The molecule has 1 aromatic heterocycles. The van der Waals surface area contributed by atoms with Crippen LogP contribution in [0.15, 0.2) is 66.9 Å². The molecule has 8 heteroatoms. The van der Waals surface area contributed by atoms with E-state index >= 15 is 0 Å². The minimum Gasteiger partial charge on any atom is -0.474 e. The van der Waals surface area contributed by atoms with Crippen LogP contribution in [0.25, 0.3) is 11.7 Å². The van der Waals surface area contributed by atoms with Gasteiger partial charge in [0.25, 0.3) is 0 Å². The molecule has 0 unspecified atom stereocenters. The standard InChI is InChI=1S/C21H19ClN4O2.2C2H6.CH5N/c22-15-5-7-16(8-6-15)26-20(23)18-3-1-2-4-19(18)21(24)28-13-14-9-10-25-17(11-14)12-27;3*1-2/h1-12,26H,13,23-24H2;2*1-2H3;2H2,1H3/b20-18+,21-19+;;;. The quantitative estimate of drug-likeness (QED) is 0.393. The van der Waals surface area contributed by atoms with Crippen molar-refractivity contribution in [3.63, 3.8) is 0 Å². The number of hydrogen-bond donors (Lipinski definition) is 4. The van der Waals surface area contributed by atoms with E-state index < -0.39 is 0 Å². The summed E-state index contributed by atoms with van der Waals surface area (Å²) in [5.41, 5.74) is 18.8. The number of aromatic nitrogens is 1. The lowest BCUT2D eigenvalue weighted by Gasteiger charge is -2.09. The van der Waals surface area contributed by atoms with Crippen LogP contribution in [-0.2, 0) is 11.3 Å². The third-order valence-corrected chi connectivity index (χ3v) is 4.22. The van der Waals surface area contributed by atoms with E-state index in [1.54, 1.807) is 30.5 Å². The minimum absolute atomic E-state index is 0.202. The normalized spacial score (nSPS) is 11.0. The zero-order valence-electron chi connectivity index (χ0n) is 20.5. The summed E-state index contributed by atoms with van der Waals surface area (Å²) in [5, 5.41) is 5.14. The molecular formula is C26H36ClN5O2. The Balaban J connectivity index is 0.00000168. The lowest BCUT2D eigenvalue weighted by atomic mass is 10.2. The first-order valence-corrected chi connectivity index (χ1v) is 11.4. The van der Waals surface area contributed by atoms with Crippen LogP contribution in [0.4, 0.5) is 5.69 Å². The number of halogens is 1. The Morgan fingerprint density at radius 2 is 1.56 bits per heavy atom. The second kappa shape index (κ2) is 17.9. The Bertz CT molecular complexity index is 1100. The molecule has 0 atom stereocenters. The average molecular weight is 486 g/mol. The molecule has 0 fully saturated rings. The van der Waals surface area contributed by atoms with E-state index in [1.165, 1.54) is 7.05 Å². The Hall–Kier alpha value is -3.55. The molecule has 7 nitrogen and oxygen atoms in total. The molecule has 0 saturated carbocycles. The first kappa shape index (κ1) is 30.4. The molecule has 1 heterocycles. The van der Waals surface area contributed by atoms with E-state index in [2.05, 4.69) is 16.0 Å². The van der Waals surface area contributed by atoms with E-state index in [1.807, 2.05) is 64.1 Å². The summed E-state index contributed by atoms with van der Waals surface area (Å²) in [5.74, 6) is 0.651. The fourth-order valence-electron chi connectivity index (χ4n) is 2.58. The maximum atomic E-state index is 10.8. The molecule has 3 rings (SSSR count). The highest BCUT2D eigenvalue weighted by Gasteiger charge is 2.02. The van der Waals surface area contributed by atoms with Crippen molar-refractivity contribution >= 4 is 35.3 Å². The second-order valence-corrected chi connectivity index (χ2v) is 6.39. The van der Waals surface area contributed by atoms with Gasteiger partial charge in [0.1, 0.15) is 18.1 Å². The zero-order valence-corrected chi connectivity index (χ0v) is 21.3. The summed E-state index contributed by atoms with van der Waals surface area (Å²) in [4.78, 5) is 14.8. The summed E-state index contributed by atoms with van der Waals surface area (Å²) < 4.78 is 5.71. The summed E-state index contributed by atoms with van der Waals surface area (Å²) in [6.07, 6.45) is 2.23. The van der Waals surface area contributed by atoms with Gasteiger partial charge in [-0.2, -0.15) is 0 Å². The fraction of sp³-hybridized carbons (Fsp3) is 0.231. The van der Waals surface area contributed by atoms with Gasteiger partial charge in [-0.15, -0.1) is 0 Å². The predicted molar refractivity (Wildman–Crippen MR) is 143 cm³/mol. The maximum absolute atomic E-state index is 10.8. The van der Waals surface area contributed by atoms with Gasteiger partial charge < -0.3 is 27.3 Å². The van der Waals surface area contributed by atoms with Crippen LogP contribution in [0.3, 0.4) is 0 Å². The Kier molecular flexibility index (Phi) is 16.1. The number of anilines is 1. The largest absolute Gasteiger partial charge is 0.474 e. The molecule has 3 aromatic rings. The smallest absolute Gasteiger partial charge is 0.192 e. The van der Waals surface area contributed by atoms with Gasteiger partial charge in [0.05, 0.1) is 0 Å². The van der Waals surface area contributed by atoms with Crippen molar-refractivity contribution in [1.82, 2.24) is 4.98 Å². The SMILES string of the molecule is CC.CC.CN.N/C(Nc1ccc(Cl)cc1)=c1/cccc/c1=C(/N)OCc1ccnc(C=O)c1. The van der Waals surface area contributed by atoms with Crippen molar-refractivity contribution in [2.75, 3.05) is 12.4 Å². The lowest BCUT2D eigenvalue weighted by Crippen LogP contribution is -2.36. The lowest BCUT2D eigenvalue weighted by molar-refractivity contribution is 0.111. The number of hydrogen-bond acceptors (Lipinski definition) is 7. The van der Waals surface area contributed by atoms with Gasteiger partial charge in [-0.05, 0) is 55.1 Å². The van der Waals surface area contributed by atoms with Crippen molar-refractivity contribution in [1.29, 1.82) is 0 Å². The van der Waals surface area contributed by atoms with Gasteiger partial charge in [0.15, 0.2) is 12.2 Å². The highest BCUT2D eigenvalue weighted by molar-refractivity contribution is 6.30. The number of ether oxygens (including phenoxy) is 1. The third-order valence-electron chi connectivity index (χ3n) is 3.97. The molecule has 0 radical (unpaired) electrons. The summed E-state index contributed by atoms with van der Waals surface area (Å²) in [6, 6.07) is 18.0. The number of benzene rings is 2. The van der Waals surface area contributed by atoms with Crippen LogP contribution in [0.2, 0.25) is 5.02 Å². The molecule has 0 bridgehead atoms. The summed E-state index contributed by atoms with van der Waals surface area (Å²) in [7, 11) is 1.50. The highest BCUT2D eigenvalue weighted by Crippen LogP contribution is 2.13. The van der Waals surface area contributed by atoms with Crippen LogP contribution in [0.1, 0.15) is 43.7 Å². The number of rotatable bonds is 6. The summed E-state index contributed by atoms with van der Waals surface area (Å²) >= 11 is 5.91. The zero-order chi connectivity index (χ0) is 25.9. The molecule has 0 amide bonds. The Morgan fingerprint density at radius 3 is 2.15 bits per heavy atom. The number of nitrogens with two attached hydrogens (primary N) is 3. The molecule has 7 N–H and O–H groups in total. The van der Waals surface area contributed by atoms with Gasteiger partial charge in [0, 0.05) is 27.3 Å². The van der Waals surface area contributed by atoms with Gasteiger partial charge in [-0.1, -0.05) is 57.5 Å². The molecule has 2 aromatic carbocycles. The van der Waals surface area contributed by atoms with E-state index in [9.17, 15) is 4.79 Å². The molecule has 0 aliphatic rings. The number of pyridine rings is 1. The van der Waals surface area contributed by atoms with Gasteiger partial charge in [-0.25, -0.2) is 0 Å². The number of carbonyl (C=O) groups excluding carboxylic acids is 1. The number of aldehydes is 1. The molecule has 184 valence electrons. The van der Waals surface area contributed by atoms with Gasteiger partial charge in [-0.3, -0.25) is 9.78 Å². The number of carbonyl (C=O) groups is 1. The van der Waals surface area contributed by atoms with E-state index in [0.717, 1.165) is 11.3 Å². The molecule has 0 aliphatic heterocycles. The topological polar surface area (TPSA) is 129 Å². The molecule has 34 heavy (non-hydrogen) atoms. The third kappa shape index (κ3) is 9.94. The average Bonchev–Trinajstić information content (AvgIpc) is 2.92. The monoisotopic (exact) mass is 485 g/mol. The van der Waals surface area contributed by atoms with E-state index in [0.29, 0.717) is 33.3 Å². The molecular weight excluding hydrogens is 450 g/mol. The molecule has 0 spiro atoms. The van der Waals surface area contributed by atoms with Crippen LogP contribution in [0.5, 0.6) is 0 Å². The van der Waals surface area contributed by atoms with Crippen LogP contribution in [0, 0.1) is 0 Å². The predicted octanol–water partition coefficient (Wildman–Crippen LogP) is 3.55. The fourth-order valence-corrected chi connectivity index (χ4v) is 2.70. The highest BCUT2D eigenvalue weighted by atomic mass is 35.5. The number of nitrogens with zero attached hydrogens (tertiary/aromatic N) is 1. The first-order valence-electron chi connectivity index (χ1n) is 11.0. The van der Waals surface area contributed by atoms with Crippen molar-refractivity contribution in [3.8, 4) is 0 Å². The molecule has 0 aliphatic carbocycles. The maximum Gasteiger partial charge on any atom is 0.192 e. The first-order chi connectivity index (χ1) is 16.6. The Labute approximate surface area is 207 Å². The van der Waals surface area contributed by atoms with Crippen LogP contribution < -0.4 is 33.0 Å². The van der Waals surface area contributed by atoms with Crippen LogP contribution in [-0.4, -0.2) is 18.3 Å². The van der Waals surface area contributed by atoms with Crippen molar-refractivity contribution < 1.29 is 9.53 Å². The van der Waals surface area contributed by atoms with E-state index in [-0.39, 0.29) is 12.5 Å². The van der Waals surface area contributed by atoms with Crippen molar-refractivity contribution in [3.05, 3.63) is 93.6 Å². The Morgan fingerprint density at radius 1 is 0.971 bits per heavy atom. The minimum atomic E-state index is 0.202. The van der Waals surface area contributed by atoms with Crippen molar-refractivity contribution in [2.45, 2.75) is 34.3 Å². The second-order valence-electron chi connectivity index (χ2n) is 5.95. The summed E-state index contributed by atoms with van der Waals surface area (Å²) in [6.45, 7) is 8.20.